The van der Waals surface area contributed by atoms with Crippen LogP contribution in [0.2, 0.25) is 0 Å². The molecule has 0 aromatic heterocycles. The van der Waals surface area contributed by atoms with E-state index in [0.29, 0.717) is 23.5 Å². The maximum Gasteiger partial charge on any atom is 0.261 e. The number of hydrogen-bond acceptors (Lipinski definition) is 3. The molecule has 6 heteroatoms. The predicted octanol–water partition coefficient (Wildman–Crippen LogP) is 3.88. The predicted molar refractivity (Wildman–Crippen MR) is 103 cm³/mol. The van der Waals surface area contributed by atoms with Crippen molar-refractivity contribution in [2.45, 2.75) is 38.8 Å². The zero-order valence-electron chi connectivity index (χ0n) is 15.6. The lowest BCUT2D eigenvalue weighted by Crippen LogP contribution is -2.32. The zero-order valence-corrected chi connectivity index (χ0v) is 15.6. The normalized spacial score (nSPS) is 17.0. The molecule has 2 amide bonds. The molecule has 0 bridgehead atoms. The Hall–Kier alpha value is -2.89. The molecule has 4 rings (SSSR count). The highest BCUT2D eigenvalue weighted by Gasteiger charge is 2.25. The Bertz CT molecular complexity index is 893. The lowest BCUT2D eigenvalue weighted by molar-refractivity contribution is -0.133. The van der Waals surface area contributed by atoms with Crippen molar-refractivity contribution in [3.8, 4) is 5.75 Å². The van der Waals surface area contributed by atoms with Gasteiger partial charge in [-0.25, -0.2) is 4.39 Å². The van der Waals surface area contributed by atoms with E-state index in [4.69, 9.17) is 4.74 Å². The summed E-state index contributed by atoms with van der Waals surface area (Å²) in [6.07, 6.45) is 4.07. The topological polar surface area (TPSA) is 58.6 Å². The summed E-state index contributed by atoms with van der Waals surface area (Å²) >= 11 is 0. The van der Waals surface area contributed by atoms with E-state index in [1.54, 1.807) is 35.2 Å². The summed E-state index contributed by atoms with van der Waals surface area (Å²) in [4.78, 5) is 26.4. The molecule has 0 unspecified atom stereocenters. The van der Waals surface area contributed by atoms with Gasteiger partial charge in [0.1, 0.15) is 11.6 Å². The quantitative estimate of drug-likeness (QED) is 0.873. The molecule has 2 aromatic rings. The first-order valence-corrected chi connectivity index (χ1v) is 9.68. The van der Waals surface area contributed by atoms with Gasteiger partial charge in [-0.1, -0.05) is 31.0 Å². The second-order valence-corrected chi connectivity index (χ2v) is 7.42. The van der Waals surface area contributed by atoms with Gasteiger partial charge in [-0.2, -0.15) is 0 Å². The Balaban J connectivity index is 1.52. The lowest BCUT2D eigenvalue weighted by Gasteiger charge is -2.20. The van der Waals surface area contributed by atoms with E-state index in [-0.39, 0.29) is 36.7 Å². The summed E-state index contributed by atoms with van der Waals surface area (Å²) in [6, 6.07) is 11.9. The van der Waals surface area contributed by atoms with Crippen LogP contribution in [0.15, 0.2) is 42.5 Å². The molecule has 0 atom stereocenters. The minimum Gasteiger partial charge on any atom is -0.483 e. The fourth-order valence-corrected chi connectivity index (χ4v) is 3.85. The first kappa shape index (κ1) is 18.5. The summed E-state index contributed by atoms with van der Waals surface area (Å²) in [7, 11) is 0. The van der Waals surface area contributed by atoms with Crippen molar-refractivity contribution in [1.29, 1.82) is 0 Å². The standard InChI is InChI=1S/C22H23FN2O3/c23-19-8-4-3-7-16(19)12-25-13-17-11-18(9-10-20(17)28-14-21(25)26)24-22(27)15-5-1-2-6-15/h3-4,7-11,15H,1-2,5-6,12-14H2,(H,24,27). The van der Waals surface area contributed by atoms with Gasteiger partial charge in [0, 0.05) is 35.8 Å². The zero-order chi connectivity index (χ0) is 19.5. The van der Waals surface area contributed by atoms with Crippen LogP contribution in [0.5, 0.6) is 5.75 Å². The number of anilines is 1. The van der Waals surface area contributed by atoms with Crippen LogP contribution >= 0.6 is 0 Å². The van der Waals surface area contributed by atoms with Crippen LogP contribution in [0.4, 0.5) is 10.1 Å². The van der Waals surface area contributed by atoms with Crippen molar-refractivity contribution in [2.24, 2.45) is 5.92 Å². The number of halogens is 1. The third-order valence-electron chi connectivity index (χ3n) is 5.44. The number of carbonyl (C=O) groups excluding carboxylic acids is 2. The van der Waals surface area contributed by atoms with Gasteiger partial charge >= 0.3 is 0 Å². The third-order valence-corrected chi connectivity index (χ3v) is 5.44. The van der Waals surface area contributed by atoms with E-state index in [1.165, 1.54) is 6.07 Å². The lowest BCUT2D eigenvalue weighted by atomic mass is 10.1. The molecule has 0 spiro atoms. The molecule has 1 aliphatic carbocycles. The van der Waals surface area contributed by atoms with Crippen molar-refractivity contribution in [1.82, 2.24) is 4.90 Å². The molecule has 1 fully saturated rings. The van der Waals surface area contributed by atoms with Gasteiger partial charge in [0.25, 0.3) is 5.91 Å². The highest BCUT2D eigenvalue weighted by molar-refractivity contribution is 5.93. The Morgan fingerprint density at radius 1 is 1.18 bits per heavy atom. The van der Waals surface area contributed by atoms with Crippen molar-refractivity contribution < 1.29 is 18.7 Å². The van der Waals surface area contributed by atoms with Crippen LogP contribution in [0.3, 0.4) is 0 Å². The Morgan fingerprint density at radius 2 is 1.96 bits per heavy atom. The molecular weight excluding hydrogens is 359 g/mol. The number of amides is 2. The molecule has 1 aliphatic heterocycles. The first-order valence-electron chi connectivity index (χ1n) is 9.68. The molecular formula is C22H23FN2O3. The SMILES string of the molecule is O=C(Nc1ccc2c(c1)CN(Cc1ccccc1F)C(=O)CO2)C1CCCC1. The van der Waals surface area contributed by atoms with Gasteiger partial charge in [0.2, 0.25) is 5.91 Å². The highest BCUT2D eigenvalue weighted by atomic mass is 19.1. The number of carbonyl (C=O) groups is 2. The van der Waals surface area contributed by atoms with E-state index in [1.807, 2.05) is 6.07 Å². The van der Waals surface area contributed by atoms with Gasteiger partial charge in [-0.15, -0.1) is 0 Å². The maximum atomic E-state index is 14.0. The highest BCUT2D eigenvalue weighted by Crippen LogP contribution is 2.30. The summed E-state index contributed by atoms with van der Waals surface area (Å²) < 4.78 is 19.6. The van der Waals surface area contributed by atoms with Crippen LogP contribution in [-0.2, 0) is 22.7 Å². The van der Waals surface area contributed by atoms with Crippen molar-refractivity contribution in [3.05, 3.63) is 59.4 Å². The van der Waals surface area contributed by atoms with Crippen LogP contribution in [0.1, 0.15) is 36.8 Å². The monoisotopic (exact) mass is 382 g/mol. The number of hydrogen-bond donors (Lipinski definition) is 1. The number of nitrogens with zero attached hydrogens (tertiary/aromatic N) is 1. The van der Waals surface area contributed by atoms with E-state index in [0.717, 1.165) is 31.2 Å². The van der Waals surface area contributed by atoms with Crippen molar-refractivity contribution in [3.63, 3.8) is 0 Å². The second kappa shape index (κ2) is 8.00. The molecule has 2 aliphatic rings. The van der Waals surface area contributed by atoms with Gasteiger partial charge < -0.3 is 15.0 Å². The summed E-state index contributed by atoms with van der Waals surface area (Å²) in [5.74, 6) is 0.206. The third kappa shape index (κ3) is 4.01. The molecule has 146 valence electrons. The van der Waals surface area contributed by atoms with Gasteiger partial charge in [0.15, 0.2) is 6.61 Å². The Morgan fingerprint density at radius 3 is 2.75 bits per heavy atom. The number of fused-ring (bicyclic) bond motifs is 1. The summed E-state index contributed by atoms with van der Waals surface area (Å²) in [5.41, 5.74) is 1.95. The van der Waals surface area contributed by atoms with Crippen molar-refractivity contribution in [2.75, 3.05) is 11.9 Å². The number of rotatable bonds is 4. The Labute approximate surface area is 163 Å². The van der Waals surface area contributed by atoms with E-state index >= 15 is 0 Å². The number of nitrogens with one attached hydrogen (secondary N) is 1. The molecule has 1 N–H and O–H groups in total. The summed E-state index contributed by atoms with van der Waals surface area (Å²) in [5, 5.41) is 2.98. The van der Waals surface area contributed by atoms with Crippen LogP contribution in [0.25, 0.3) is 0 Å². The fraction of sp³-hybridized carbons (Fsp3) is 0.364. The first-order chi connectivity index (χ1) is 13.6. The molecule has 0 saturated heterocycles. The van der Waals surface area contributed by atoms with Crippen LogP contribution < -0.4 is 10.1 Å². The Kier molecular flexibility index (Phi) is 5.28. The minimum atomic E-state index is -0.335. The average molecular weight is 382 g/mol. The molecule has 28 heavy (non-hydrogen) atoms. The van der Waals surface area contributed by atoms with Gasteiger partial charge in [-0.05, 0) is 37.1 Å². The largest absolute Gasteiger partial charge is 0.483 e. The maximum absolute atomic E-state index is 14.0. The summed E-state index contributed by atoms with van der Waals surface area (Å²) in [6.45, 7) is 0.387. The van der Waals surface area contributed by atoms with Crippen molar-refractivity contribution >= 4 is 17.5 Å². The number of ether oxygens (including phenoxy) is 1. The molecule has 2 aromatic carbocycles. The van der Waals surface area contributed by atoms with E-state index in [9.17, 15) is 14.0 Å². The van der Waals surface area contributed by atoms with Crippen LogP contribution in [-0.4, -0.2) is 23.3 Å². The van der Waals surface area contributed by atoms with Gasteiger partial charge in [0.05, 0.1) is 0 Å². The van der Waals surface area contributed by atoms with E-state index < -0.39 is 0 Å². The number of benzene rings is 2. The smallest absolute Gasteiger partial charge is 0.261 e. The molecule has 0 radical (unpaired) electrons. The second-order valence-electron chi connectivity index (χ2n) is 7.42. The molecule has 1 saturated carbocycles. The van der Waals surface area contributed by atoms with Crippen LogP contribution in [0, 0.1) is 11.7 Å². The molecule has 1 heterocycles. The fourth-order valence-electron chi connectivity index (χ4n) is 3.85. The average Bonchev–Trinajstić information content (AvgIpc) is 3.18. The molecule has 5 nitrogen and oxygen atoms in total. The van der Waals surface area contributed by atoms with E-state index in [2.05, 4.69) is 5.32 Å². The minimum absolute atomic E-state index is 0.0475. The van der Waals surface area contributed by atoms with Gasteiger partial charge in [-0.3, -0.25) is 9.59 Å².